The lowest BCUT2D eigenvalue weighted by molar-refractivity contribution is -0.142. The van der Waals surface area contributed by atoms with E-state index in [-0.39, 0.29) is 43.6 Å². The van der Waals surface area contributed by atoms with Gasteiger partial charge in [-0.2, -0.15) is 0 Å². The number of ether oxygens (including phenoxy) is 1. The van der Waals surface area contributed by atoms with Crippen LogP contribution in [-0.2, 0) is 40.4 Å². The van der Waals surface area contributed by atoms with Crippen molar-refractivity contribution in [2.75, 3.05) is 17.6 Å². The number of unbranched alkanes of at least 4 members (excludes halogenated alkanes) is 2. The lowest BCUT2D eigenvalue weighted by Crippen LogP contribution is -2.54. The predicted molar refractivity (Wildman–Crippen MR) is 159 cm³/mol. The molecule has 14 heteroatoms. The van der Waals surface area contributed by atoms with Crippen LogP contribution in [0.5, 0.6) is 0 Å². The molecule has 0 aliphatic heterocycles. The maximum Gasteiger partial charge on any atom is 0.312 e. The summed E-state index contributed by atoms with van der Waals surface area (Å²) in [6.07, 6.45) is 1.98. The van der Waals surface area contributed by atoms with E-state index in [1.165, 1.54) is 6.92 Å². The van der Waals surface area contributed by atoms with Crippen LogP contribution < -0.4 is 27.0 Å². The van der Waals surface area contributed by atoms with Crippen molar-refractivity contribution in [3.63, 3.8) is 0 Å². The Morgan fingerprint density at radius 2 is 1.64 bits per heavy atom. The molecule has 0 saturated heterocycles. The molecule has 5 amide bonds. The third-order valence-corrected chi connectivity index (χ3v) is 7.48. The first-order chi connectivity index (χ1) is 19.7. The van der Waals surface area contributed by atoms with Crippen molar-refractivity contribution < 1.29 is 37.1 Å². The first-order valence-corrected chi connectivity index (χ1v) is 15.5. The van der Waals surface area contributed by atoms with Gasteiger partial charge in [0.05, 0.1) is 5.75 Å². The molecule has 1 aromatic rings. The van der Waals surface area contributed by atoms with Crippen LogP contribution in [0.25, 0.3) is 0 Å². The Hall–Kier alpha value is -3.94. The van der Waals surface area contributed by atoms with Crippen LogP contribution in [0.2, 0.25) is 0 Å². The molecule has 0 radical (unpaired) electrons. The molecule has 234 valence electrons. The highest BCUT2D eigenvalue weighted by atomic mass is 32.2. The maximum atomic E-state index is 13.2. The minimum atomic E-state index is -3.29. The van der Waals surface area contributed by atoms with Crippen LogP contribution in [0.15, 0.2) is 36.3 Å². The number of esters is 1. The predicted octanol–water partition coefficient (Wildman–Crippen LogP) is 1.88. The summed E-state index contributed by atoms with van der Waals surface area (Å²) >= 11 is 0. The summed E-state index contributed by atoms with van der Waals surface area (Å²) in [6, 6.07) is 4.02. The maximum absolute atomic E-state index is 13.2. The van der Waals surface area contributed by atoms with Gasteiger partial charge < -0.3 is 31.7 Å². The van der Waals surface area contributed by atoms with Crippen molar-refractivity contribution >= 4 is 45.2 Å². The molecular formula is C28H43N5O8S. The monoisotopic (exact) mass is 609 g/mol. The minimum Gasteiger partial charge on any atom is -0.461 e. The zero-order chi connectivity index (χ0) is 31.7. The van der Waals surface area contributed by atoms with E-state index in [0.717, 1.165) is 11.0 Å². The van der Waals surface area contributed by atoms with Gasteiger partial charge in [0.15, 0.2) is 9.84 Å². The first kappa shape index (κ1) is 36.1. The van der Waals surface area contributed by atoms with Gasteiger partial charge in [0.1, 0.15) is 18.7 Å². The molecule has 0 fully saturated rings. The largest absolute Gasteiger partial charge is 0.461 e. The van der Waals surface area contributed by atoms with E-state index >= 15 is 0 Å². The average molecular weight is 610 g/mol. The molecule has 0 aliphatic rings. The number of rotatable bonds is 19. The molecule has 0 aliphatic carbocycles. The summed E-state index contributed by atoms with van der Waals surface area (Å²) in [4.78, 5) is 60.9. The highest BCUT2D eigenvalue weighted by Gasteiger charge is 2.28. The quantitative estimate of drug-likeness (QED) is 0.115. The zero-order valence-electron chi connectivity index (χ0n) is 24.4. The second kappa shape index (κ2) is 18.5. The fraction of sp³-hybridized carbons (Fsp3) is 0.536. The fourth-order valence-corrected chi connectivity index (χ4v) is 4.55. The number of carbonyl (C=O) groups excluding carboxylic acids is 5. The molecule has 6 N–H and O–H groups in total. The molecule has 1 rings (SSSR count). The van der Waals surface area contributed by atoms with Gasteiger partial charge in [-0.15, -0.1) is 0 Å². The molecule has 1 unspecified atom stereocenters. The van der Waals surface area contributed by atoms with Crippen LogP contribution >= 0.6 is 0 Å². The average Bonchev–Trinajstić information content (AvgIpc) is 2.92. The van der Waals surface area contributed by atoms with E-state index in [0.29, 0.717) is 31.4 Å². The Morgan fingerprint density at radius 3 is 2.21 bits per heavy atom. The van der Waals surface area contributed by atoms with Crippen LogP contribution in [0.3, 0.4) is 0 Å². The number of hydrogen-bond acceptors (Lipinski definition) is 8. The number of benzene rings is 1. The minimum absolute atomic E-state index is 0.0357. The van der Waals surface area contributed by atoms with E-state index in [1.54, 1.807) is 38.1 Å². The molecule has 42 heavy (non-hydrogen) atoms. The van der Waals surface area contributed by atoms with Crippen molar-refractivity contribution in [1.82, 2.24) is 16.0 Å². The number of primary amides is 1. The van der Waals surface area contributed by atoms with Gasteiger partial charge >= 0.3 is 12.0 Å². The summed E-state index contributed by atoms with van der Waals surface area (Å²) in [5.74, 6) is -2.16. The molecule has 2 atom stereocenters. The summed E-state index contributed by atoms with van der Waals surface area (Å²) < 4.78 is 27.9. The van der Waals surface area contributed by atoms with Gasteiger partial charge in [-0.3, -0.25) is 19.2 Å². The zero-order valence-corrected chi connectivity index (χ0v) is 25.3. The molecule has 1 aromatic carbocycles. The summed E-state index contributed by atoms with van der Waals surface area (Å²) in [6.45, 7) is 8.37. The van der Waals surface area contributed by atoms with E-state index in [4.69, 9.17) is 10.5 Å². The number of amides is 5. The lowest BCUT2D eigenvalue weighted by atomic mass is 10.0. The van der Waals surface area contributed by atoms with Crippen molar-refractivity contribution in [1.29, 1.82) is 0 Å². The number of nitrogens with two attached hydrogens (primary N) is 1. The van der Waals surface area contributed by atoms with Gasteiger partial charge in [0.2, 0.25) is 17.7 Å². The number of carbonyl (C=O) groups is 5. The Morgan fingerprint density at radius 1 is 0.976 bits per heavy atom. The number of nitrogens with one attached hydrogen (secondary N) is 4. The van der Waals surface area contributed by atoms with Crippen molar-refractivity contribution in [3.8, 4) is 0 Å². The van der Waals surface area contributed by atoms with Gasteiger partial charge in [-0.1, -0.05) is 39.0 Å². The smallest absolute Gasteiger partial charge is 0.312 e. The third kappa shape index (κ3) is 15.2. The first-order valence-electron chi connectivity index (χ1n) is 13.8. The molecule has 13 nitrogen and oxygen atoms in total. The van der Waals surface area contributed by atoms with Crippen LogP contribution in [0.1, 0.15) is 64.9 Å². The Bertz CT molecular complexity index is 1190. The topological polar surface area (TPSA) is 203 Å². The van der Waals surface area contributed by atoms with E-state index < -0.39 is 45.7 Å². The Kier molecular flexibility index (Phi) is 15.9. The van der Waals surface area contributed by atoms with Crippen molar-refractivity contribution in [3.05, 3.63) is 41.8 Å². The van der Waals surface area contributed by atoms with E-state index in [9.17, 15) is 32.4 Å². The normalized spacial score (nSPS) is 12.5. The third-order valence-electron chi connectivity index (χ3n) is 6.12. The number of sulfone groups is 1. The molecule has 0 aromatic heterocycles. The molecule has 0 spiro atoms. The summed E-state index contributed by atoms with van der Waals surface area (Å²) in [7, 11) is -3.29. The van der Waals surface area contributed by atoms with Gasteiger partial charge in [0, 0.05) is 31.0 Å². The number of urea groups is 1. The molecular weight excluding hydrogens is 566 g/mol. The Balaban J connectivity index is 2.82. The van der Waals surface area contributed by atoms with E-state index in [1.807, 2.05) is 0 Å². The second-order valence-corrected chi connectivity index (χ2v) is 12.2. The van der Waals surface area contributed by atoms with E-state index in [2.05, 4.69) is 27.8 Å². The van der Waals surface area contributed by atoms with Gasteiger partial charge in [-0.25, -0.2) is 13.2 Å². The molecule has 0 heterocycles. The van der Waals surface area contributed by atoms with Crippen LogP contribution in [0, 0.1) is 5.92 Å². The van der Waals surface area contributed by atoms with Crippen molar-refractivity contribution in [2.45, 2.75) is 78.0 Å². The Labute approximate surface area is 247 Å². The molecule has 0 bridgehead atoms. The highest BCUT2D eigenvalue weighted by Crippen LogP contribution is 2.13. The van der Waals surface area contributed by atoms with Crippen LogP contribution in [-0.4, -0.2) is 62.5 Å². The van der Waals surface area contributed by atoms with Crippen LogP contribution in [0.4, 0.5) is 10.5 Å². The standard InChI is InChI=1S/C28H43N5O8S/c1-5-42(39,40)17-8-6-7-11-24(35)33-25(19(2)3)27(37)32-23(10-9-16-30-28(29)38)26(36)31-22-14-12-21(13-15-22)18-41-20(4)34/h5,12-15,19,23,25H,1,6-11,16-18H2,2-4H3,(H,31,36)(H,32,37)(H,33,35)(H3,29,30,38)/t23-,25?/m1/s1. The van der Waals surface area contributed by atoms with Gasteiger partial charge in [-0.05, 0) is 49.3 Å². The second-order valence-electron chi connectivity index (χ2n) is 10.1. The highest BCUT2D eigenvalue weighted by molar-refractivity contribution is 7.94. The van der Waals surface area contributed by atoms with Gasteiger partial charge in [0.25, 0.3) is 0 Å². The number of anilines is 1. The number of hydrogen-bond donors (Lipinski definition) is 5. The fourth-order valence-electron chi connectivity index (χ4n) is 3.78. The van der Waals surface area contributed by atoms with Crippen molar-refractivity contribution in [2.24, 2.45) is 11.7 Å². The summed E-state index contributed by atoms with van der Waals surface area (Å²) in [5, 5.41) is 11.5. The summed E-state index contributed by atoms with van der Waals surface area (Å²) in [5.41, 5.74) is 6.28. The lowest BCUT2D eigenvalue weighted by Gasteiger charge is -2.25. The molecule has 0 saturated carbocycles. The SMILES string of the molecule is C=CS(=O)(=O)CCCCCC(=O)NC(C(=O)N[C@H](CCCNC(N)=O)C(=O)Nc1ccc(COC(C)=O)cc1)C(C)C.